The van der Waals surface area contributed by atoms with Gasteiger partial charge in [0.25, 0.3) is 0 Å². The molecule has 0 spiro atoms. The molecular weight excluding hydrogens is 244 g/mol. The van der Waals surface area contributed by atoms with Crippen molar-refractivity contribution in [3.05, 3.63) is 53.7 Å². The Balaban J connectivity index is 1.65. The van der Waals surface area contributed by atoms with Crippen molar-refractivity contribution >= 4 is 6.09 Å². The van der Waals surface area contributed by atoms with Gasteiger partial charge in [0.2, 0.25) is 0 Å². The number of amides is 1. The minimum atomic E-state index is -0.427. The molecule has 0 radical (unpaired) electrons. The summed E-state index contributed by atoms with van der Waals surface area (Å²) in [5.74, 6) is 0.627. The van der Waals surface area contributed by atoms with Crippen LogP contribution in [-0.4, -0.2) is 17.6 Å². The van der Waals surface area contributed by atoms with Crippen molar-refractivity contribution in [1.82, 2.24) is 10.3 Å². The number of oxazole rings is 1. The van der Waals surface area contributed by atoms with Gasteiger partial charge in [0.05, 0.1) is 5.69 Å². The fourth-order valence-electron chi connectivity index (χ4n) is 1.59. The van der Waals surface area contributed by atoms with Gasteiger partial charge in [-0.15, -0.1) is 0 Å². The number of hydrogen-bond acceptors (Lipinski definition) is 4. The SMILES string of the molecule is Cc1nc(CCNC(=O)OCc2ccccc2)co1. The number of carbonyl (C=O) groups excluding carboxylic acids is 1. The number of ether oxygens (including phenoxy) is 1. The normalized spacial score (nSPS) is 10.2. The van der Waals surface area contributed by atoms with Gasteiger partial charge in [-0.2, -0.15) is 0 Å². The quantitative estimate of drug-likeness (QED) is 0.896. The van der Waals surface area contributed by atoms with Gasteiger partial charge in [-0.25, -0.2) is 9.78 Å². The molecule has 19 heavy (non-hydrogen) atoms. The van der Waals surface area contributed by atoms with Crippen molar-refractivity contribution in [2.75, 3.05) is 6.54 Å². The molecule has 2 aromatic rings. The number of aryl methyl sites for hydroxylation is 1. The third-order valence-corrected chi connectivity index (χ3v) is 2.53. The zero-order valence-corrected chi connectivity index (χ0v) is 10.8. The molecule has 0 saturated carbocycles. The van der Waals surface area contributed by atoms with E-state index in [0.717, 1.165) is 11.3 Å². The molecule has 0 aliphatic heterocycles. The van der Waals surface area contributed by atoms with Crippen molar-refractivity contribution < 1.29 is 13.9 Å². The maximum atomic E-state index is 11.4. The van der Waals surface area contributed by atoms with Crippen LogP contribution in [0.15, 0.2) is 41.0 Å². The van der Waals surface area contributed by atoms with Crippen LogP contribution in [0.25, 0.3) is 0 Å². The zero-order valence-electron chi connectivity index (χ0n) is 10.8. The summed E-state index contributed by atoms with van der Waals surface area (Å²) in [5, 5.41) is 2.67. The molecule has 1 amide bonds. The molecule has 100 valence electrons. The summed E-state index contributed by atoms with van der Waals surface area (Å²) in [4.78, 5) is 15.6. The third-order valence-electron chi connectivity index (χ3n) is 2.53. The second-order valence-electron chi connectivity index (χ2n) is 4.10. The van der Waals surface area contributed by atoms with Gasteiger partial charge in [0.15, 0.2) is 5.89 Å². The van der Waals surface area contributed by atoms with Gasteiger partial charge in [-0.1, -0.05) is 30.3 Å². The smallest absolute Gasteiger partial charge is 0.407 e. The van der Waals surface area contributed by atoms with Crippen LogP contribution in [0.4, 0.5) is 4.79 Å². The maximum Gasteiger partial charge on any atom is 0.407 e. The Labute approximate surface area is 111 Å². The summed E-state index contributed by atoms with van der Waals surface area (Å²) in [5.41, 5.74) is 1.78. The van der Waals surface area contributed by atoms with E-state index in [-0.39, 0.29) is 6.61 Å². The lowest BCUT2D eigenvalue weighted by molar-refractivity contribution is 0.140. The number of hydrogen-bond donors (Lipinski definition) is 1. The Morgan fingerprint density at radius 3 is 2.84 bits per heavy atom. The number of rotatable bonds is 5. The monoisotopic (exact) mass is 260 g/mol. The summed E-state index contributed by atoms with van der Waals surface area (Å²) in [7, 11) is 0. The first kappa shape index (κ1) is 13.1. The summed E-state index contributed by atoms with van der Waals surface area (Å²) < 4.78 is 10.1. The van der Waals surface area contributed by atoms with Crippen LogP contribution in [0.3, 0.4) is 0 Å². The van der Waals surface area contributed by atoms with Gasteiger partial charge in [0, 0.05) is 19.9 Å². The number of aromatic nitrogens is 1. The summed E-state index contributed by atoms with van der Waals surface area (Å²) in [6.07, 6.45) is 1.79. The molecule has 2 rings (SSSR count). The average Bonchev–Trinajstić information content (AvgIpc) is 2.83. The molecule has 1 aromatic heterocycles. The number of carbonyl (C=O) groups is 1. The number of nitrogens with one attached hydrogen (secondary N) is 1. The zero-order chi connectivity index (χ0) is 13.5. The van der Waals surface area contributed by atoms with Gasteiger partial charge in [0.1, 0.15) is 12.9 Å². The molecule has 0 aliphatic rings. The van der Waals surface area contributed by atoms with Crippen LogP contribution in [0.5, 0.6) is 0 Å². The Morgan fingerprint density at radius 2 is 2.16 bits per heavy atom. The predicted octanol–water partition coefficient (Wildman–Crippen LogP) is 2.45. The molecule has 5 nitrogen and oxygen atoms in total. The Morgan fingerprint density at radius 1 is 1.37 bits per heavy atom. The van der Waals surface area contributed by atoms with Crippen LogP contribution in [-0.2, 0) is 17.8 Å². The second kappa shape index (κ2) is 6.58. The van der Waals surface area contributed by atoms with Gasteiger partial charge in [-0.3, -0.25) is 0 Å². The topological polar surface area (TPSA) is 64.4 Å². The maximum absolute atomic E-state index is 11.4. The van der Waals surface area contributed by atoms with E-state index in [1.807, 2.05) is 30.3 Å². The molecule has 0 atom stereocenters. The fraction of sp³-hybridized carbons (Fsp3) is 0.286. The third kappa shape index (κ3) is 4.46. The Kier molecular flexibility index (Phi) is 4.55. The summed E-state index contributed by atoms with van der Waals surface area (Å²) in [6.45, 7) is 2.53. The van der Waals surface area contributed by atoms with Crippen molar-refractivity contribution in [2.24, 2.45) is 0 Å². The molecule has 0 saturated heterocycles. The van der Waals surface area contributed by atoms with E-state index >= 15 is 0 Å². The molecular formula is C14H16N2O3. The molecule has 1 N–H and O–H groups in total. The van der Waals surface area contributed by atoms with Gasteiger partial charge < -0.3 is 14.5 Å². The van der Waals surface area contributed by atoms with Crippen LogP contribution in [0, 0.1) is 6.92 Å². The Bertz CT molecular complexity index is 522. The van der Waals surface area contributed by atoms with E-state index in [0.29, 0.717) is 18.9 Å². The highest BCUT2D eigenvalue weighted by atomic mass is 16.5. The minimum absolute atomic E-state index is 0.274. The lowest BCUT2D eigenvalue weighted by Gasteiger charge is -2.06. The van der Waals surface area contributed by atoms with Crippen LogP contribution < -0.4 is 5.32 Å². The molecule has 0 fully saturated rings. The summed E-state index contributed by atoms with van der Waals surface area (Å²) in [6, 6.07) is 9.55. The molecule has 1 heterocycles. The van der Waals surface area contributed by atoms with E-state index in [1.165, 1.54) is 0 Å². The van der Waals surface area contributed by atoms with Gasteiger partial charge in [-0.05, 0) is 5.56 Å². The van der Waals surface area contributed by atoms with Crippen molar-refractivity contribution in [3.63, 3.8) is 0 Å². The first-order valence-corrected chi connectivity index (χ1v) is 6.09. The van der Waals surface area contributed by atoms with Crippen molar-refractivity contribution in [1.29, 1.82) is 0 Å². The van der Waals surface area contributed by atoms with E-state index in [2.05, 4.69) is 10.3 Å². The summed E-state index contributed by atoms with van der Waals surface area (Å²) >= 11 is 0. The number of benzene rings is 1. The highest BCUT2D eigenvalue weighted by molar-refractivity contribution is 5.67. The first-order chi connectivity index (χ1) is 9.24. The molecule has 0 bridgehead atoms. The lowest BCUT2D eigenvalue weighted by atomic mass is 10.2. The highest BCUT2D eigenvalue weighted by Gasteiger charge is 2.04. The van der Waals surface area contributed by atoms with E-state index in [1.54, 1.807) is 13.2 Å². The van der Waals surface area contributed by atoms with E-state index in [4.69, 9.17) is 9.15 Å². The van der Waals surface area contributed by atoms with E-state index < -0.39 is 6.09 Å². The molecule has 1 aromatic carbocycles. The van der Waals surface area contributed by atoms with Crippen LogP contribution in [0.2, 0.25) is 0 Å². The van der Waals surface area contributed by atoms with E-state index in [9.17, 15) is 4.79 Å². The van der Waals surface area contributed by atoms with Crippen LogP contribution >= 0.6 is 0 Å². The average molecular weight is 260 g/mol. The molecule has 0 aliphatic carbocycles. The van der Waals surface area contributed by atoms with Crippen LogP contribution in [0.1, 0.15) is 17.1 Å². The molecule has 0 unspecified atom stereocenters. The largest absolute Gasteiger partial charge is 0.449 e. The fourth-order valence-corrected chi connectivity index (χ4v) is 1.59. The Hall–Kier alpha value is -2.30. The van der Waals surface area contributed by atoms with Gasteiger partial charge >= 0.3 is 6.09 Å². The molecule has 5 heteroatoms. The standard InChI is InChI=1S/C14H16N2O3/c1-11-16-13(10-18-11)7-8-15-14(17)19-9-12-5-3-2-4-6-12/h2-6,10H,7-9H2,1H3,(H,15,17). The number of alkyl carbamates (subject to hydrolysis) is 1. The van der Waals surface area contributed by atoms with Crippen molar-refractivity contribution in [2.45, 2.75) is 20.0 Å². The lowest BCUT2D eigenvalue weighted by Crippen LogP contribution is -2.26. The van der Waals surface area contributed by atoms with Crippen molar-refractivity contribution in [3.8, 4) is 0 Å². The first-order valence-electron chi connectivity index (χ1n) is 6.09. The number of nitrogens with zero attached hydrogens (tertiary/aromatic N) is 1. The predicted molar refractivity (Wildman–Crippen MR) is 69.6 cm³/mol. The minimum Gasteiger partial charge on any atom is -0.449 e. The second-order valence-corrected chi connectivity index (χ2v) is 4.10. The highest BCUT2D eigenvalue weighted by Crippen LogP contribution is 2.01.